The minimum Gasteiger partial charge on any atom is -0.327 e. The lowest BCUT2D eigenvalue weighted by atomic mass is 9.91. The molecule has 1 heterocycles. The van der Waals surface area contributed by atoms with Crippen molar-refractivity contribution in [3.05, 3.63) is 11.4 Å². The Bertz CT molecular complexity index is 340. The first-order valence-corrected chi connectivity index (χ1v) is 5.53. The molecule has 3 rings (SSSR count). The lowest BCUT2D eigenvalue weighted by molar-refractivity contribution is 0.275. The first-order valence-electron chi connectivity index (χ1n) is 5.53. The largest absolute Gasteiger partial charge is 0.327 e. The molecular weight excluding hydrogens is 176 g/mol. The van der Waals surface area contributed by atoms with E-state index in [0.717, 1.165) is 19.3 Å². The smallest absolute Gasteiger partial charge is 0.0860 e. The van der Waals surface area contributed by atoms with Gasteiger partial charge in [-0.25, -0.2) is 4.68 Å². The zero-order valence-electron chi connectivity index (χ0n) is 8.32. The van der Waals surface area contributed by atoms with Crippen LogP contribution in [0.2, 0.25) is 0 Å². The van der Waals surface area contributed by atoms with Crippen LogP contribution in [0, 0.1) is 0 Å². The summed E-state index contributed by atoms with van der Waals surface area (Å²) in [7, 11) is 0. The second-order valence-corrected chi connectivity index (χ2v) is 4.52. The molecular formula is C10H16N4. The molecule has 14 heavy (non-hydrogen) atoms. The maximum Gasteiger partial charge on any atom is 0.0860 e. The van der Waals surface area contributed by atoms with Crippen LogP contribution >= 0.6 is 0 Å². The number of hydrogen-bond acceptors (Lipinski definition) is 3. The van der Waals surface area contributed by atoms with Gasteiger partial charge in [-0.3, -0.25) is 0 Å². The molecule has 0 aromatic carbocycles. The standard InChI is InChI=1S/C10H16N4/c11-7-4-5-9-10(6-7)14(13-12-9)8-2-1-3-8/h7-8H,1-6,11H2. The van der Waals surface area contributed by atoms with Crippen molar-refractivity contribution in [1.29, 1.82) is 0 Å². The fraction of sp³-hybridized carbons (Fsp3) is 0.800. The van der Waals surface area contributed by atoms with Crippen LogP contribution in [-0.2, 0) is 12.8 Å². The summed E-state index contributed by atoms with van der Waals surface area (Å²) in [6.07, 6.45) is 6.93. The molecule has 0 radical (unpaired) electrons. The van der Waals surface area contributed by atoms with Crippen LogP contribution in [0.3, 0.4) is 0 Å². The van der Waals surface area contributed by atoms with E-state index in [1.165, 1.54) is 30.7 Å². The van der Waals surface area contributed by atoms with Gasteiger partial charge in [-0.1, -0.05) is 5.21 Å². The van der Waals surface area contributed by atoms with Gasteiger partial charge in [0.2, 0.25) is 0 Å². The molecule has 1 aromatic heterocycles. The van der Waals surface area contributed by atoms with Crippen LogP contribution in [-0.4, -0.2) is 21.0 Å². The van der Waals surface area contributed by atoms with Gasteiger partial charge in [0.1, 0.15) is 0 Å². The fourth-order valence-corrected chi connectivity index (χ4v) is 2.35. The summed E-state index contributed by atoms with van der Waals surface area (Å²) in [6.45, 7) is 0. The predicted octanol–water partition coefficient (Wildman–Crippen LogP) is 0.819. The van der Waals surface area contributed by atoms with Crippen LogP contribution < -0.4 is 5.73 Å². The number of aryl methyl sites for hydroxylation is 1. The second-order valence-electron chi connectivity index (χ2n) is 4.52. The first-order chi connectivity index (χ1) is 6.84. The first kappa shape index (κ1) is 8.41. The van der Waals surface area contributed by atoms with Crippen LogP contribution in [0.5, 0.6) is 0 Å². The van der Waals surface area contributed by atoms with Crippen LogP contribution in [0.25, 0.3) is 0 Å². The van der Waals surface area contributed by atoms with Crippen molar-refractivity contribution in [1.82, 2.24) is 15.0 Å². The molecule has 2 N–H and O–H groups in total. The van der Waals surface area contributed by atoms with Crippen molar-refractivity contribution < 1.29 is 0 Å². The van der Waals surface area contributed by atoms with Gasteiger partial charge in [0, 0.05) is 12.5 Å². The lowest BCUT2D eigenvalue weighted by Gasteiger charge is -2.28. The molecule has 1 unspecified atom stereocenters. The Hall–Kier alpha value is -0.900. The van der Waals surface area contributed by atoms with Gasteiger partial charge >= 0.3 is 0 Å². The molecule has 0 aliphatic heterocycles. The Labute approximate surface area is 83.5 Å². The molecule has 0 spiro atoms. The average Bonchev–Trinajstić information content (AvgIpc) is 2.46. The average molecular weight is 192 g/mol. The third-order valence-corrected chi connectivity index (χ3v) is 3.50. The summed E-state index contributed by atoms with van der Waals surface area (Å²) in [4.78, 5) is 0. The van der Waals surface area contributed by atoms with E-state index in [4.69, 9.17) is 5.73 Å². The zero-order valence-corrected chi connectivity index (χ0v) is 8.32. The Morgan fingerprint density at radius 2 is 2.14 bits per heavy atom. The summed E-state index contributed by atoms with van der Waals surface area (Å²) in [5.74, 6) is 0. The van der Waals surface area contributed by atoms with E-state index in [1.807, 2.05) is 0 Å². The van der Waals surface area contributed by atoms with Gasteiger partial charge < -0.3 is 5.73 Å². The third kappa shape index (κ3) is 1.17. The van der Waals surface area contributed by atoms with Crippen LogP contribution in [0.4, 0.5) is 0 Å². The van der Waals surface area contributed by atoms with Gasteiger partial charge in [0.25, 0.3) is 0 Å². The molecule has 1 atom stereocenters. The number of hydrogen-bond donors (Lipinski definition) is 1. The monoisotopic (exact) mass is 192 g/mol. The molecule has 4 nitrogen and oxygen atoms in total. The SMILES string of the molecule is NC1CCc2nnn(C3CCC3)c2C1. The molecule has 2 aliphatic rings. The topological polar surface area (TPSA) is 56.7 Å². The number of aromatic nitrogens is 3. The highest BCUT2D eigenvalue weighted by atomic mass is 15.4. The number of fused-ring (bicyclic) bond motifs is 1. The highest BCUT2D eigenvalue weighted by Gasteiger charge is 2.28. The predicted molar refractivity (Wildman–Crippen MR) is 52.9 cm³/mol. The third-order valence-electron chi connectivity index (χ3n) is 3.50. The molecule has 1 fully saturated rings. The summed E-state index contributed by atoms with van der Waals surface area (Å²) < 4.78 is 2.14. The second kappa shape index (κ2) is 3.05. The van der Waals surface area contributed by atoms with Gasteiger partial charge in [0.05, 0.1) is 17.4 Å². The molecule has 0 bridgehead atoms. The van der Waals surface area contributed by atoms with Gasteiger partial charge in [-0.2, -0.15) is 0 Å². The van der Waals surface area contributed by atoms with Crippen molar-refractivity contribution in [2.24, 2.45) is 5.73 Å². The van der Waals surface area contributed by atoms with E-state index in [1.54, 1.807) is 0 Å². The molecule has 2 aliphatic carbocycles. The molecule has 4 heteroatoms. The van der Waals surface area contributed by atoms with E-state index in [-0.39, 0.29) is 0 Å². The van der Waals surface area contributed by atoms with Crippen LogP contribution in [0.15, 0.2) is 0 Å². The summed E-state index contributed by atoms with van der Waals surface area (Å²) in [5, 5.41) is 8.52. The lowest BCUT2D eigenvalue weighted by Crippen LogP contribution is -2.31. The van der Waals surface area contributed by atoms with Crippen molar-refractivity contribution in [3.63, 3.8) is 0 Å². The summed E-state index contributed by atoms with van der Waals surface area (Å²) in [5.41, 5.74) is 8.47. The number of nitrogens with two attached hydrogens (primary N) is 1. The van der Waals surface area contributed by atoms with Crippen LogP contribution in [0.1, 0.15) is 43.1 Å². The highest BCUT2D eigenvalue weighted by Crippen LogP contribution is 2.33. The molecule has 0 amide bonds. The van der Waals surface area contributed by atoms with Crippen molar-refractivity contribution >= 4 is 0 Å². The van der Waals surface area contributed by atoms with E-state index in [0.29, 0.717) is 12.1 Å². The van der Waals surface area contributed by atoms with Gasteiger partial charge in [0.15, 0.2) is 0 Å². The highest BCUT2D eigenvalue weighted by molar-refractivity contribution is 5.16. The van der Waals surface area contributed by atoms with E-state index in [2.05, 4.69) is 15.0 Å². The molecule has 1 aromatic rings. The van der Waals surface area contributed by atoms with E-state index < -0.39 is 0 Å². The maximum atomic E-state index is 5.97. The van der Waals surface area contributed by atoms with E-state index >= 15 is 0 Å². The number of rotatable bonds is 1. The van der Waals surface area contributed by atoms with Gasteiger partial charge in [-0.05, 0) is 32.1 Å². The van der Waals surface area contributed by atoms with Gasteiger partial charge in [-0.15, -0.1) is 5.10 Å². The minimum atomic E-state index is 0.319. The summed E-state index contributed by atoms with van der Waals surface area (Å²) in [6, 6.07) is 0.941. The maximum absolute atomic E-state index is 5.97. The minimum absolute atomic E-state index is 0.319. The van der Waals surface area contributed by atoms with Crippen molar-refractivity contribution in [2.75, 3.05) is 0 Å². The fourth-order valence-electron chi connectivity index (χ4n) is 2.35. The van der Waals surface area contributed by atoms with Crippen molar-refractivity contribution in [3.8, 4) is 0 Å². The molecule has 1 saturated carbocycles. The Kier molecular flexibility index (Phi) is 1.83. The molecule has 0 saturated heterocycles. The Balaban J connectivity index is 1.93. The van der Waals surface area contributed by atoms with E-state index in [9.17, 15) is 0 Å². The normalized spacial score (nSPS) is 27.1. The quantitative estimate of drug-likeness (QED) is 0.716. The zero-order chi connectivity index (χ0) is 9.54. The number of nitrogens with zero attached hydrogens (tertiary/aromatic N) is 3. The Morgan fingerprint density at radius 3 is 2.86 bits per heavy atom. The van der Waals surface area contributed by atoms with Crippen molar-refractivity contribution in [2.45, 2.75) is 50.6 Å². The Morgan fingerprint density at radius 1 is 1.29 bits per heavy atom. The summed E-state index contributed by atoms with van der Waals surface area (Å²) >= 11 is 0. The molecule has 76 valence electrons.